The number of aryl methyl sites for hydroxylation is 1. The summed E-state index contributed by atoms with van der Waals surface area (Å²) in [6.07, 6.45) is 0.285. The zero-order valence-electron chi connectivity index (χ0n) is 12.9. The Labute approximate surface area is 153 Å². The van der Waals surface area contributed by atoms with Crippen LogP contribution in [0.3, 0.4) is 0 Å². The molecule has 130 valence electrons. The second kappa shape index (κ2) is 7.31. The lowest BCUT2D eigenvalue weighted by atomic mass is 10.0. The molecular formula is C17H14Cl2N2O4. The first-order valence-corrected chi connectivity index (χ1v) is 8.23. The van der Waals surface area contributed by atoms with E-state index in [0.717, 1.165) is 5.56 Å². The van der Waals surface area contributed by atoms with Crippen molar-refractivity contribution in [2.24, 2.45) is 0 Å². The maximum Gasteiger partial charge on any atom is 0.284 e. The number of amides is 2. The van der Waals surface area contributed by atoms with Crippen LogP contribution in [0.1, 0.15) is 22.3 Å². The smallest absolute Gasteiger partial charge is 0.284 e. The fraction of sp³-hybridized carbons (Fsp3) is 0.176. The molecule has 1 heterocycles. The van der Waals surface area contributed by atoms with Gasteiger partial charge in [0.15, 0.2) is 6.10 Å². The summed E-state index contributed by atoms with van der Waals surface area (Å²) in [6.45, 7) is 0. The van der Waals surface area contributed by atoms with Gasteiger partial charge in [-0.3, -0.25) is 14.8 Å². The Kier molecular flexibility index (Phi) is 5.13. The van der Waals surface area contributed by atoms with Gasteiger partial charge in [-0.15, -0.1) is 0 Å². The van der Waals surface area contributed by atoms with Gasteiger partial charge in [-0.25, -0.2) is 5.48 Å². The third kappa shape index (κ3) is 4.04. The monoisotopic (exact) mass is 380 g/mol. The van der Waals surface area contributed by atoms with Gasteiger partial charge in [-0.2, -0.15) is 0 Å². The van der Waals surface area contributed by atoms with E-state index in [2.05, 4.69) is 5.32 Å². The summed E-state index contributed by atoms with van der Waals surface area (Å²) in [5, 5.41) is 12.2. The molecule has 0 saturated carbocycles. The SMILES string of the molecule is O=C(Nc1ccc2c(c1)CC[C@@H](C(=O)NO)O2)c1cc(Cl)cc(Cl)c1. The van der Waals surface area contributed by atoms with Crippen LogP contribution in [0.2, 0.25) is 10.0 Å². The summed E-state index contributed by atoms with van der Waals surface area (Å²) < 4.78 is 5.54. The first kappa shape index (κ1) is 17.5. The summed E-state index contributed by atoms with van der Waals surface area (Å²) in [6, 6.07) is 9.74. The van der Waals surface area contributed by atoms with Crippen LogP contribution in [0.4, 0.5) is 5.69 Å². The van der Waals surface area contributed by atoms with Crippen LogP contribution in [0.15, 0.2) is 36.4 Å². The fourth-order valence-electron chi connectivity index (χ4n) is 2.61. The molecule has 0 spiro atoms. The van der Waals surface area contributed by atoms with E-state index in [1.165, 1.54) is 12.1 Å². The lowest BCUT2D eigenvalue weighted by molar-refractivity contribution is -0.137. The maximum atomic E-state index is 12.3. The van der Waals surface area contributed by atoms with E-state index < -0.39 is 12.0 Å². The molecule has 3 N–H and O–H groups in total. The van der Waals surface area contributed by atoms with Gasteiger partial charge in [0.25, 0.3) is 11.8 Å². The molecule has 0 saturated heterocycles. The molecule has 25 heavy (non-hydrogen) atoms. The molecule has 3 rings (SSSR count). The van der Waals surface area contributed by atoms with Crippen LogP contribution in [-0.2, 0) is 11.2 Å². The molecule has 0 unspecified atom stereocenters. The van der Waals surface area contributed by atoms with E-state index in [9.17, 15) is 9.59 Å². The lowest BCUT2D eigenvalue weighted by Gasteiger charge is -2.24. The normalized spacial score (nSPS) is 15.7. The van der Waals surface area contributed by atoms with Crippen LogP contribution in [0, 0.1) is 0 Å². The number of carbonyl (C=O) groups is 2. The number of halogens is 2. The van der Waals surface area contributed by atoms with Crippen molar-refractivity contribution in [3.8, 4) is 5.75 Å². The Balaban J connectivity index is 1.75. The highest BCUT2D eigenvalue weighted by Gasteiger charge is 2.26. The summed E-state index contributed by atoms with van der Waals surface area (Å²) in [5.41, 5.74) is 3.40. The standard InChI is InChI=1S/C17H14Cl2N2O4/c18-11-5-10(6-12(19)8-11)16(22)20-13-2-4-14-9(7-13)1-3-15(25-14)17(23)21-24/h2,4-8,15,24H,1,3H2,(H,20,22)(H,21,23)/t15-/m0/s1. The van der Waals surface area contributed by atoms with E-state index in [-0.39, 0.29) is 5.91 Å². The lowest BCUT2D eigenvalue weighted by Crippen LogP contribution is -2.38. The average Bonchev–Trinajstić information content (AvgIpc) is 2.59. The zero-order valence-corrected chi connectivity index (χ0v) is 14.4. The highest BCUT2D eigenvalue weighted by Crippen LogP contribution is 2.30. The second-order valence-corrected chi connectivity index (χ2v) is 6.43. The predicted octanol–water partition coefficient (Wildman–Crippen LogP) is 3.44. The quantitative estimate of drug-likeness (QED) is 0.562. The molecular weight excluding hydrogens is 367 g/mol. The number of fused-ring (bicyclic) bond motifs is 1. The van der Waals surface area contributed by atoms with E-state index in [4.69, 9.17) is 33.1 Å². The molecule has 2 aromatic rings. The predicted molar refractivity (Wildman–Crippen MR) is 93.5 cm³/mol. The summed E-state index contributed by atoms with van der Waals surface area (Å²) in [7, 11) is 0. The zero-order chi connectivity index (χ0) is 18.0. The van der Waals surface area contributed by atoms with E-state index in [1.807, 2.05) is 0 Å². The molecule has 1 aliphatic heterocycles. The Hall–Kier alpha value is -2.28. The second-order valence-electron chi connectivity index (χ2n) is 5.56. The number of rotatable bonds is 3. The van der Waals surface area contributed by atoms with E-state index >= 15 is 0 Å². The van der Waals surface area contributed by atoms with Crippen molar-refractivity contribution in [1.82, 2.24) is 5.48 Å². The Morgan fingerprint density at radius 3 is 2.52 bits per heavy atom. The summed E-state index contributed by atoms with van der Waals surface area (Å²) >= 11 is 11.8. The Morgan fingerprint density at radius 2 is 1.84 bits per heavy atom. The number of hydrogen-bond donors (Lipinski definition) is 3. The van der Waals surface area contributed by atoms with E-state index in [0.29, 0.717) is 39.9 Å². The van der Waals surface area contributed by atoms with Crippen molar-refractivity contribution >= 4 is 40.7 Å². The van der Waals surface area contributed by atoms with Crippen LogP contribution < -0.4 is 15.5 Å². The van der Waals surface area contributed by atoms with Gasteiger partial charge in [-0.05, 0) is 54.8 Å². The van der Waals surface area contributed by atoms with Crippen molar-refractivity contribution in [3.63, 3.8) is 0 Å². The average molecular weight is 381 g/mol. The number of carbonyl (C=O) groups excluding carboxylic acids is 2. The highest BCUT2D eigenvalue weighted by molar-refractivity contribution is 6.35. The topological polar surface area (TPSA) is 87.7 Å². The molecule has 0 radical (unpaired) electrons. The number of benzene rings is 2. The van der Waals surface area contributed by atoms with Gasteiger partial charge in [0.2, 0.25) is 0 Å². The molecule has 8 heteroatoms. The van der Waals surface area contributed by atoms with Crippen molar-refractivity contribution in [2.45, 2.75) is 18.9 Å². The number of hydrogen-bond acceptors (Lipinski definition) is 4. The maximum absolute atomic E-state index is 12.3. The minimum atomic E-state index is -0.730. The molecule has 0 aromatic heterocycles. The summed E-state index contributed by atoms with van der Waals surface area (Å²) in [5.74, 6) is -0.372. The minimum Gasteiger partial charge on any atom is -0.480 e. The highest BCUT2D eigenvalue weighted by atomic mass is 35.5. The minimum absolute atomic E-state index is 0.335. The van der Waals surface area contributed by atoms with Gasteiger partial charge < -0.3 is 10.1 Å². The fourth-order valence-corrected chi connectivity index (χ4v) is 3.14. The largest absolute Gasteiger partial charge is 0.480 e. The summed E-state index contributed by atoms with van der Waals surface area (Å²) in [4.78, 5) is 23.8. The molecule has 0 aliphatic carbocycles. The van der Waals surface area contributed by atoms with Crippen molar-refractivity contribution in [2.75, 3.05) is 5.32 Å². The van der Waals surface area contributed by atoms with Crippen molar-refractivity contribution in [3.05, 3.63) is 57.6 Å². The molecule has 1 aliphatic rings. The van der Waals surface area contributed by atoms with Crippen molar-refractivity contribution in [1.29, 1.82) is 0 Å². The van der Waals surface area contributed by atoms with Gasteiger partial charge in [-0.1, -0.05) is 23.2 Å². The molecule has 2 aromatic carbocycles. The molecule has 0 fully saturated rings. The third-order valence-corrected chi connectivity index (χ3v) is 4.23. The van der Waals surface area contributed by atoms with Crippen LogP contribution >= 0.6 is 23.2 Å². The number of anilines is 1. The van der Waals surface area contributed by atoms with Gasteiger partial charge in [0.1, 0.15) is 5.75 Å². The Bertz CT molecular complexity index is 821. The van der Waals surface area contributed by atoms with Crippen LogP contribution in [-0.4, -0.2) is 23.1 Å². The van der Waals surface area contributed by atoms with Gasteiger partial charge in [0, 0.05) is 21.3 Å². The number of hydroxylamine groups is 1. The first-order chi connectivity index (χ1) is 12.0. The number of nitrogens with one attached hydrogen (secondary N) is 2. The van der Waals surface area contributed by atoms with Gasteiger partial charge in [0.05, 0.1) is 0 Å². The molecule has 0 bridgehead atoms. The van der Waals surface area contributed by atoms with Crippen molar-refractivity contribution < 1.29 is 19.5 Å². The van der Waals surface area contributed by atoms with Gasteiger partial charge >= 0.3 is 0 Å². The third-order valence-electron chi connectivity index (χ3n) is 3.79. The van der Waals surface area contributed by atoms with Crippen LogP contribution in [0.25, 0.3) is 0 Å². The molecule has 6 nitrogen and oxygen atoms in total. The molecule has 1 atom stereocenters. The van der Waals surface area contributed by atoms with E-state index in [1.54, 1.807) is 29.7 Å². The Morgan fingerprint density at radius 1 is 1.12 bits per heavy atom. The number of ether oxygens (including phenoxy) is 1. The molecule has 2 amide bonds. The first-order valence-electron chi connectivity index (χ1n) is 7.47. The van der Waals surface area contributed by atoms with Crippen LogP contribution in [0.5, 0.6) is 5.75 Å².